The summed E-state index contributed by atoms with van der Waals surface area (Å²) in [5.41, 5.74) is 2.79. The SMILES string of the molecule is Cc1ccc(C(=O)NC[C@@H]2CC(=O)N(C)[C@H]2c2ccccc2)n1C. The number of carbonyl (C=O) groups excluding carboxylic acids is 2. The fraction of sp³-hybridized carbons (Fsp3) is 0.368. The van der Waals surface area contributed by atoms with Crippen molar-refractivity contribution in [3.05, 3.63) is 59.4 Å². The van der Waals surface area contributed by atoms with Gasteiger partial charge in [-0.05, 0) is 24.6 Å². The lowest BCUT2D eigenvalue weighted by atomic mass is 9.93. The highest BCUT2D eigenvalue weighted by atomic mass is 16.2. The summed E-state index contributed by atoms with van der Waals surface area (Å²) in [7, 11) is 3.71. The highest BCUT2D eigenvalue weighted by Crippen LogP contribution is 2.36. The maximum atomic E-state index is 12.4. The number of benzene rings is 1. The number of nitrogens with zero attached hydrogens (tertiary/aromatic N) is 2. The zero-order chi connectivity index (χ0) is 17.3. The van der Waals surface area contributed by atoms with Gasteiger partial charge in [0.25, 0.3) is 5.91 Å². The molecule has 1 fully saturated rings. The van der Waals surface area contributed by atoms with Gasteiger partial charge in [0.1, 0.15) is 5.69 Å². The fourth-order valence-electron chi connectivity index (χ4n) is 3.44. The van der Waals surface area contributed by atoms with Crippen molar-refractivity contribution in [2.45, 2.75) is 19.4 Å². The second-order valence-electron chi connectivity index (χ2n) is 6.45. The molecular formula is C19H23N3O2. The number of nitrogens with one attached hydrogen (secondary N) is 1. The first-order chi connectivity index (χ1) is 11.5. The van der Waals surface area contributed by atoms with E-state index in [1.807, 2.05) is 68.1 Å². The minimum atomic E-state index is -0.0978. The van der Waals surface area contributed by atoms with E-state index >= 15 is 0 Å². The van der Waals surface area contributed by atoms with Gasteiger partial charge >= 0.3 is 0 Å². The average Bonchev–Trinajstić information content (AvgIpc) is 3.06. The maximum absolute atomic E-state index is 12.4. The van der Waals surface area contributed by atoms with E-state index in [2.05, 4.69) is 5.32 Å². The highest BCUT2D eigenvalue weighted by Gasteiger charge is 2.38. The van der Waals surface area contributed by atoms with E-state index in [4.69, 9.17) is 0 Å². The molecule has 1 aromatic carbocycles. The molecule has 5 heteroatoms. The highest BCUT2D eigenvalue weighted by molar-refractivity contribution is 5.93. The minimum absolute atomic E-state index is 0.00847. The van der Waals surface area contributed by atoms with E-state index in [1.54, 1.807) is 4.90 Å². The molecule has 1 saturated heterocycles. The van der Waals surface area contributed by atoms with Gasteiger partial charge < -0.3 is 14.8 Å². The molecule has 3 rings (SSSR count). The third-order valence-electron chi connectivity index (χ3n) is 4.97. The summed E-state index contributed by atoms with van der Waals surface area (Å²) in [5.74, 6) is 0.104. The zero-order valence-electron chi connectivity index (χ0n) is 14.3. The summed E-state index contributed by atoms with van der Waals surface area (Å²) in [4.78, 5) is 26.4. The zero-order valence-corrected chi connectivity index (χ0v) is 14.3. The Morgan fingerprint density at radius 1 is 1.17 bits per heavy atom. The molecule has 1 aliphatic rings. The largest absolute Gasteiger partial charge is 0.350 e. The molecular weight excluding hydrogens is 302 g/mol. The minimum Gasteiger partial charge on any atom is -0.350 e. The Morgan fingerprint density at radius 2 is 1.88 bits per heavy atom. The van der Waals surface area contributed by atoms with Crippen LogP contribution >= 0.6 is 0 Å². The second-order valence-corrected chi connectivity index (χ2v) is 6.45. The van der Waals surface area contributed by atoms with E-state index in [0.29, 0.717) is 18.7 Å². The average molecular weight is 325 g/mol. The lowest BCUT2D eigenvalue weighted by Crippen LogP contribution is -2.33. The smallest absolute Gasteiger partial charge is 0.267 e. The first kappa shape index (κ1) is 16.3. The standard InChI is InChI=1S/C19H23N3O2/c1-13-9-10-16(21(13)2)19(24)20-12-15-11-17(23)22(3)18(15)14-7-5-4-6-8-14/h4-10,15,18H,11-12H2,1-3H3,(H,20,24)/t15-,18-/m0/s1. The molecule has 2 amide bonds. The first-order valence-corrected chi connectivity index (χ1v) is 8.20. The third kappa shape index (κ3) is 2.94. The Balaban J connectivity index is 1.72. The molecule has 1 aliphatic heterocycles. The number of aryl methyl sites for hydroxylation is 1. The molecule has 0 saturated carbocycles. The van der Waals surface area contributed by atoms with Crippen molar-refractivity contribution in [2.75, 3.05) is 13.6 Å². The van der Waals surface area contributed by atoms with Crippen LogP contribution in [-0.2, 0) is 11.8 Å². The predicted molar refractivity (Wildman–Crippen MR) is 92.5 cm³/mol. The molecule has 5 nitrogen and oxygen atoms in total. The van der Waals surface area contributed by atoms with Crippen LogP contribution in [0.2, 0.25) is 0 Å². The summed E-state index contributed by atoms with van der Waals surface area (Å²) in [6.45, 7) is 2.45. The van der Waals surface area contributed by atoms with Gasteiger partial charge in [-0.1, -0.05) is 30.3 Å². The molecule has 126 valence electrons. The van der Waals surface area contributed by atoms with Crippen LogP contribution in [0, 0.1) is 12.8 Å². The van der Waals surface area contributed by atoms with Gasteiger partial charge in [-0.25, -0.2) is 0 Å². The molecule has 1 aromatic heterocycles. The van der Waals surface area contributed by atoms with Gasteiger partial charge in [0.2, 0.25) is 5.91 Å². The van der Waals surface area contributed by atoms with E-state index < -0.39 is 0 Å². The number of rotatable bonds is 4. The lowest BCUT2D eigenvalue weighted by Gasteiger charge is -2.25. The fourth-order valence-corrected chi connectivity index (χ4v) is 3.44. The summed E-state index contributed by atoms with van der Waals surface area (Å²) >= 11 is 0. The lowest BCUT2D eigenvalue weighted by molar-refractivity contribution is -0.127. The molecule has 0 radical (unpaired) electrons. The van der Waals surface area contributed by atoms with Gasteiger partial charge in [0.15, 0.2) is 0 Å². The van der Waals surface area contributed by atoms with Crippen molar-refractivity contribution in [3.8, 4) is 0 Å². The molecule has 24 heavy (non-hydrogen) atoms. The first-order valence-electron chi connectivity index (χ1n) is 8.20. The van der Waals surface area contributed by atoms with E-state index in [9.17, 15) is 9.59 Å². The summed E-state index contributed by atoms with van der Waals surface area (Å²) in [6, 6.07) is 13.8. The Hall–Kier alpha value is -2.56. The number of carbonyl (C=O) groups is 2. The predicted octanol–water partition coefficient (Wildman–Crippen LogP) is 2.28. The van der Waals surface area contributed by atoms with Crippen molar-refractivity contribution >= 4 is 11.8 Å². The number of likely N-dealkylation sites (tertiary alicyclic amines) is 1. The van der Waals surface area contributed by atoms with Gasteiger partial charge in [0, 0.05) is 38.7 Å². The summed E-state index contributed by atoms with van der Waals surface area (Å²) < 4.78 is 1.87. The van der Waals surface area contributed by atoms with E-state index in [1.165, 1.54) is 0 Å². The van der Waals surface area contributed by atoms with Crippen LogP contribution in [-0.4, -0.2) is 34.9 Å². The van der Waals surface area contributed by atoms with Crippen LogP contribution < -0.4 is 5.32 Å². The van der Waals surface area contributed by atoms with Crippen LogP contribution in [0.3, 0.4) is 0 Å². The van der Waals surface area contributed by atoms with Crippen molar-refractivity contribution in [1.29, 1.82) is 0 Å². The molecule has 1 N–H and O–H groups in total. The van der Waals surface area contributed by atoms with Crippen molar-refractivity contribution in [3.63, 3.8) is 0 Å². The van der Waals surface area contributed by atoms with Crippen molar-refractivity contribution < 1.29 is 9.59 Å². The van der Waals surface area contributed by atoms with Crippen LogP contribution in [0.15, 0.2) is 42.5 Å². The van der Waals surface area contributed by atoms with Crippen LogP contribution in [0.25, 0.3) is 0 Å². The molecule has 2 aromatic rings. The molecule has 2 heterocycles. The van der Waals surface area contributed by atoms with Crippen LogP contribution in [0.1, 0.15) is 34.2 Å². The van der Waals surface area contributed by atoms with E-state index in [-0.39, 0.29) is 23.8 Å². The number of aromatic nitrogens is 1. The van der Waals surface area contributed by atoms with Gasteiger partial charge in [-0.15, -0.1) is 0 Å². The Morgan fingerprint density at radius 3 is 2.50 bits per heavy atom. The molecule has 0 bridgehead atoms. The van der Waals surface area contributed by atoms with E-state index in [0.717, 1.165) is 11.3 Å². The van der Waals surface area contributed by atoms with Crippen molar-refractivity contribution in [2.24, 2.45) is 13.0 Å². The number of amides is 2. The topological polar surface area (TPSA) is 54.3 Å². The Kier molecular flexibility index (Phi) is 4.42. The Bertz CT molecular complexity index is 751. The van der Waals surface area contributed by atoms with Gasteiger partial charge in [0.05, 0.1) is 6.04 Å². The van der Waals surface area contributed by atoms with Gasteiger partial charge in [-0.3, -0.25) is 9.59 Å². The molecule has 0 unspecified atom stereocenters. The Labute approximate surface area is 142 Å². The molecule has 0 spiro atoms. The van der Waals surface area contributed by atoms with Gasteiger partial charge in [-0.2, -0.15) is 0 Å². The summed E-state index contributed by atoms with van der Waals surface area (Å²) in [6.07, 6.45) is 0.461. The quantitative estimate of drug-likeness (QED) is 0.938. The molecule has 0 aliphatic carbocycles. The maximum Gasteiger partial charge on any atom is 0.267 e. The molecule has 2 atom stereocenters. The monoisotopic (exact) mass is 325 g/mol. The van der Waals surface area contributed by atoms with Crippen LogP contribution in [0.4, 0.5) is 0 Å². The number of hydrogen-bond acceptors (Lipinski definition) is 2. The normalized spacial score (nSPS) is 20.5. The second kappa shape index (κ2) is 6.51. The third-order valence-corrected chi connectivity index (χ3v) is 4.97. The van der Waals surface area contributed by atoms with Crippen molar-refractivity contribution in [1.82, 2.24) is 14.8 Å². The summed E-state index contributed by atoms with van der Waals surface area (Å²) in [5, 5.41) is 3.00. The van der Waals surface area contributed by atoms with Crippen LogP contribution in [0.5, 0.6) is 0 Å². The number of hydrogen-bond donors (Lipinski definition) is 1.